The lowest BCUT2D eigenvalue weighted by Gasteiger charge is -2.16. The normalized spacial score (nSPS) is 11.9. The van der Waals surface area contributed by atoms with Crippen LogP contribution < -0.4 is 10.8 Å². The van der Waals surface area contributed by atoms with Crippen LogP contribution >= 0.6 is 0 Å². The summed E-state index contributed by atoms with van der Waals surface area (Å²) < 4.78 is 0. The Morgan fingerprint density at radius 1 is 0.852 bits per heavy atom. The molecule has 0 heterocycles. The molecule has 1 atom stereocenters. The van der Waals surface area contributed by atoms with Crippen molar-refractivity contribution in [2.45, 2.75) is 5.92 Å². The summed E-state index contributed by atoms with van der Waals surface area (Å²) >= 11 is 0. The SMILES string of the molecule is O=C(NO)C(c1ccccc1)c1ccc(NCC=Cc2ccccc2)cc1. The number of benzene rings is 3. The number of nitrogens with one attached hydrogen (secondary N) is 2. The second-order valence-electron chi connectivity index (χ2n) is 6.14. The Labute approximate surface area is 159 Å². The third-order valence-corrected chi connectivity index (χ3v) is 4.28. The molecule has 0 spiro atoms. The number of anilines is 1. The topological polar surface area (TPSA) is 61.4 Å². The molecule has 27 heavy (non-hydrogen) atoms. The Balaban J connectivity index is 1.66. The first-order valence-corrected chi connectivity index (χ1v) is 8.82. The van der Waals surface area contributed by atoms with Crippen molar-refractivity contribution in [1.82, 2.24) is 5.48 Å². The van der Waals surface area contributed by atoms with Gasteiger partial charge in [-0.2, -0.15) is 0 Å². The molecule has 0 saturated heterocycles. The van der Waals surface area contributed by atoms with Crippen LogP contribution in [0.25, 0.3) is 6.08 Å². The van der Waals surface area contributed by atoms with Crippen molar-refractivity contribution >= 4 is 17.7 Å². The van der Waals surface area contributed by atoms with E-state index in [1.807, 2.05) is 72.8 Å². The minimum Gasteiger partial charge on any atom is -0.382 e. The quantitative estimate of drug-likeness (QED) is 0.432. The predicted molar refractivity (Wildman–Crippen MR) is 109 cm³/mol. The minimum atomic E-state index is -0.553. The molecule has 3 aromatic rings. The monoisotopic (exact) mass is 358 g/mol. The van der Waals surface area contributed by atoms with Gasteiger partial charge in [-0.05, 0) is 28.8 Å². The molecule has 0 bridgehead atoms. The maximum Gasteiger partial charge on any atom is 0.255 e. The standard InChI is InChI=1S/C23H22N2O2/c26-23(25-27)22(19-11-5-2-6-12-19)20-13-15-21(16-14-20)24-17-7-10-18-8-3-1-4-9-18/h1-16,22,24,27H,17H2,(H,25,26). The van der Waals surface area contributed by atoms with Crippen LogP contribution in [0.5, 0.6) is 0 Å². The maximum atomic E-state index is 12.2. The fraction of sp³-hybridized carbons (Fsp3) is 0.0870. The van der Waals surface area contributed by atoms with Crippen molar-refractivity contribution in [3.05, 3.63) is 108 Å². The number of carbonyl (C=O) groups is 1. The Bertz CT molecular complexity index is 875. The van der Waals surface area contributed by atoms with Gasteiger partial charge in [0, 0.05) is 12.2 Å². The molecule has 136 valence electrons. The summed E-state index contributed by atoms with van der Waals surface area (Å²) in [6, 6.07) is 27.2. The van der Waals surface area contributed by atoms with E-state index >= 15 is 0 Å². The highest BCUT2D eigenvalue weighted by Crippen LogP contribution is 2.26. The van der Waals surface area contributed by atoms with Crippen LogP contribution in [-0.2, 0) is 4.79 Å². The molecule has 3 N–H and O–H groups in total. The maximum absolute atomic E-state index is 12.2. The van der Waals surface area contributed by atoms with E-state index in [2.05, 4.69) is 29.6 Å². The molecule has 0 radical (unpaired) electrons. The molecule has 1 amide bonds. The summed E-state index contributed by atoms with van der Waals surface area (Å²) in [6.45, 7) is 0.702. The van der Waals surface area contributed by atoms with Gasteiger partial charge in [0.1, 0.15) is 0 Å². The van der Waals surface area contributed by atoms with E-state index in [9.17, 15) is 4.79 Å². The number of hydrogen-bond acceptors (Lipinski definition) is 3. The van der Waals surface area contributed by atoms with Crippen molar-refractivity contribution in [2.75, 3.05) is 11.9 Å². The summed E-state index contributed by atoms with van der Waals surface area (Å²) in [7, 11) is 0. The molecule has 0 saturated carbocycles. The van der Waals surface area contributed by atoms with Gasteiger partial charge in [0.15, 0.2) is 0 Å². The third-order valence-electron chi connectivity index (χ3n) is 4.28. The van der Waals surface area contributed by atoms with Crippen LogP contribution in [0.1, 0.15) is 22.6 Å². The lowest BCUT2D eigenvalue weighted by Crippen LogP contribution is -2.27. The van der Waals surface area contributed by atoms with Crippen LogP contribution in [0.15, 0.2) is 91.0 Å². The zero-order valence-corrected chi connectivity index (χ0v) is 14.9. The fourth-order valence-corrected chi connectivity index (χ4v) is 2.93. The highest BCUT2D eigenvalue weighted by atomic mass is 16.5. The van der Waals surface area contributed by atoms with Crippen LogP contribution in [0, 0.1) is 0 Å². The average Bonchev–Trinajstić information content (AvgIpc) is 2.74. The molecule has 0 aliphatic heterocycles. The second-order valence-corrected chi connectivity index (χ2v) is 6.14. The summed E-state index contributed by atoms with van der Waals surface area (Å²) in [5.74, 6) is -1.00. The van der Waals surface area contributed by atoms with Gasteiger partial charge in [0.05, 0.1) is 5.92 Å². The zero-order valence-electron chi connectivity index (χ0n) is 14.9. The fourth-order valence-electron chi connectivity index (χ4n) is 2.93. The van der Waals surface area contributed by atoms with Crippen LogP contribution in [0.2, 0.25) is 0 Å². The van der Waals surface area contributed by atoms with E-state index in [1.165, 1.54) is 0 Å². The number of hydroxylamine groups is 1. The Morgan fingerprint density at radius 3 is 2.07 bits per heavy atom. The van der Waals surface area contributed by atoms with Crippen molar-refractivity contribution in [1.29, 1.82) is 0 Å². The Morgan fingerprint density at radius 2 is 1.44 bits per heavy atom. The Hall–Kier alpha value is -3.37. The van der Waals surface area contributed by atoms with Gasteiger partial charge in [0.2, 0.25) is 0 Å². The van der Waals surface area contributed by atoms with Crippen molar-refractivity contribution in [3.8, 4) is 0 Å². The molecule has 1 unspecified atom stereocenters. The smallest absolute Gasteiger partial charge is 0.255 e. The minimum absolute atomic E-state index is 0.451. The van der Waals surface area contributed by atoms with Crippen molar-refractivity contribution in [2.24, 2.45) is 0 Å². The molecule has 0 aromatic heterocycles. The number of hydrogen-bond donors (Lipinski definition) is 3. The molecule has 0 aliphatic rings. The van der Waals surface area contributed by atoms with Crippen molar-refractivity contribution < 1.29 is 10.0 Å². The van der Waals surface area contributed by atoms with Crippen LogP contribution in [0.4, 0.5) is 5.69 Å². The van der Waals surface area contributed by atoms with Gasteiger partial charge in [0.25, 0.3) is 5.91 Å². The molecule has 3 aromatic carbocycles. The van der Waals surface area contributed by atoms with E-state index in [-0.39, 0.29) is 0 Å². The van der Waals surface area contributed by atoms with Gasteiger partial charge in [-0.3, -0.25) is 10.0 Å². The van der Waals surface area contributed by atoms with E-state index in [4.69, 9.17) is 5.21 Å². The van der Waals surface area contributed by atoms with Gasteiger partial charge in [-0.1, -0.05) is 84.9 Å². The number of rotatable bonds is 7. The first kappa shape index (κ1) is 18.4. The zero-order chi connectivity index (χ0) is 18.9. The highest BCUT2D eigenvalue weighted by molar-refractivity contribution is 5.86. The van der Waals surface area contributed by atoms with Crippen molar-refractivity contribution in [3.63, 3.8) is 0 Å². The molecular formula is C23H22N2O2. The highest BCUT2D eigenvalue weighted by Gasteiger charge is 2.22. The molecule has 4 nitrogen and oxygen atoms in total. The van der Waals surface area contributed by atoms with Gasteiger partial charge in [-0.25, -0.2) is 5.48 Å². The van der Waals surface area contributed by atoms with Gasteiger partial charge in [-0.15, -0.1) is 0 Å². The largest absolute Gasteiger partial charge is 0.382 e. The van der Waals surface area contributed by atoms with Gasteiger partial charge < -0.3 is 5.32 Å². The van der Waals surface area contributed by atoms with E-state index < -0.39 is 11.8 Å². The third kappa shape index (κ3) is 5.06. The Kier molecular flexibility index (Phi) is 6.39. The number of carbonyl (C=O) groups excluding carboxylic acids is 1. The lowest BCUT2D eigenvalue weighted by molar-refractivity contribution is -0.129. The number of amides is 1. The molecular weight excluding hydrogens is 336 g/mol. The summed E-state index contributed by atoms with van der Waals surface area (Å²) in [5.41, 5.74) is 5.55. The average molecular weight is 358 g/mol. The lowest BCUT2D eigenvalue weighted by atomic mass is 9.90. The summed E-state index contributed by atoms with van der Waals surface area (Å²) in [6.07, 6.45) is 4.13. The predicted octanol–water partition coefficient (Wildman–Crippen LogP) is 4.45. The van der Waals surface area contributed by atoms with Crippen LogP contribution in [0.3, 0.4) is 0 Å². The summed E-state index contributed by atoms with van der Waals surface area (Å²) in [4.78, 5) is 12.2. The van der Waals surface area contributed by atoms with E-state index in [0.29, 0.717) is 6.54 Å². The van der Waals surface area contributed by atoms with Crippen LogP contribution in [-0.4, -0.2) is 17.7 Å². The van der Waals surface area contributed by atoms with E-state index in [0.717, 1.165) is 22.4 Å². The van der Waals surface area contributed by atoms with E-state index in [1.54, 1.807) is 5.48 Å². The second kappa shape index (κ2) is 9.36. The molecule has 0 aliphatic carbocycles. The molecule has 4 heteroatoms. The van der Waals surface area contributed by atoms with Gasteiger partial charge >= 0.3 is 0 Å². The first-order valence-electron chi connectivity index (χ1n) is 8.82. The molecule has 3 rings (SSSR count). The summed E-state index contributed by atoms with van der Waals surface area (Å²) in [5, 5.41) is 12.4. The molecule has 0 fully saturated rings. The first-order chi connectivity index (χ1) is 13.3.